The molecule has 1 aromatic rings. The van der Waals surface area contributed by atoms with Crippen LogP contribution in [0.1, 0.15) is 12.2 Å². The van der Waals surface area contributed by atoms with Crippen molar-refractivity contribution in [3.05, 3.63) is 24.2 Å². The van der Waals surface area contributed by atoms with E-state index in [4.69, 9.17) is 14.4 Å². The van der Waals surface area contributed by atoms with E-state index in [1.54, 1.807) is 6.26 Å². The summed E-state index contributed by atoms with van der Waals surface area (Å²) in [5.74, 6) is 0.868. The lowest BCUT2D eigenvalue weighted by molar-refractivity contribution is 0.169. The smallest absolute Gasteiger partial charge is 0.105 e. The molecule has 13 heavy (non-hydrogen) atoms. The van der Waals surface area contributed by atoms with Gasteiger partial charge >= 0.3 is 0 Å². The second-order valence-electron chi connectivity index (χ2n) is 3.45. The molecule has 1 saturated heterocycles. The first kappa shape index (κ1) is 8.33. The van der Waals surface area contributed by atoms with Crippen LogP contribution in [0.4, 0.5) is 0 Å². The van der Waals surface area contributed by atoms with E-state index in [-0.39, 0.29) is 5.41 Å². The van der Waals surface area contributed by atoms with E-state index in [1.807, 2.05) is 12.1 Å². The molecule has 1 unspecified atom stereocenters. The summed E-state index contributed by atoms with van der Waals surface area (Å²) in [6.45, 7) is 1.22. The van der Waals surface area contributed by atoms with Crippen LogP contribution in [0.3, 0.4) is 0 Å². The van der Waals surface area contributed by atoms with Crippen LogP contribution < -0.4 is 0 Å². The van der Waals surface area contributed by atoms with E-state index in [9.17, 15) is 0 Å². The van der Waals surface area contributed by atoms with E-state index in [0.29, 0.717) is 19.6 Å². The molecule has 0 radical (unpaired) electrons. The Kier molecular flexibility index (Phi) is 2.07. The molecule has 1 fully saturated rings. The maximum atomic E-state index is 9.04. The average Bonchev–Trinajstić information content (AvgIpc) is 2.77. The van der Waals surface area contributed by atoms with Crippen LogP contribution in [0.2, 0.25) is 0 Å². The highest BCUT2D eigenvalue weighted by Crippen LogP contribution is 2.31. The van der Waals surface area contributed by atoms with Gasteiger partial charge in [-0.1, -0.05) is 0 Å². The molecular formula is C10H11NO2. The Morgan fingerprint density at radius 1 is 1.62 bits per heavy atom. The summed E-state index contributed by atoms with van der Waals surface area (Å²) in [7, 11) is 0. The summed E-state index contributed by atoms with van der Waals surface area (Å²) in [6, 6.07) is 6.07. The molecule has 0 N–H and O–H groups in total. The average molecular weight is 177 g/mol. The quantitative estimate of drug-likeness (QED) is 0.691. The first-order valence-corrected chi connectivity index (χ1v) is 4.36. The predicted octanol–water partition coefficient (Wildman–Crippen LogP) is 1.75. The van der Waals surface area contributed by atoms with E-state index in [2.05, 4.69) is 6.07 Å². The van der Waals surface area contributed by atoms with Crippen molar-refractivity contribution >= 4 is 0 Å². The Morgan fingerprint density at radius 3 is 3.08 bits per heavy atom. The van der Waals surface area contributed by atoms with E-state index in [1.165, 1.54) is 0 Å². The Morgan fingerprint density at radius 2 is 2.54 bits per heavy atom. The van der Waals surface area contributed by atoms with E-state index >= 15 is 0 Å². The van der Waals surface area contributed by atoms with Crippen LogP contribution in [0.25, 0.3) is 0 Å². The summed E-state index contributed by atoms with van der Waals surface area (Å²) in [5, 5.41) is 9.04. The molecule has 1 aromatic heterocycles. The van der Waals surface area contributed by atoms with Crippen LogP contribution in [-0.2, 0) is 11.2 Å². The second-order valence-corrected chi connectivity index (χ2v) is 3.45. The molecule has 2 heterocycles. The van der Waals surface area contributed by atoms with Gasteiger partial charge in [-0.05, 0) is 18.6 Å². The first-order chi connectivity index (χ1) is 6.35. The van der Waals surface area contributed by atoms with Gasteiger partial charge in [0.1, 0.15) is 5.76 Å². The molecule has 68 valence electrons. The van der Waals surface area contributed by atoms with Gasteiger partial charge in [0.15, 0.2) is 0 Å². The molecule has 0 aromatic carbocycles. The van der Waals surface area contributed by atoms with Crippen molar-refractivity contribution in [1.29, 1.82) is 5.26 Å². The predicted molar refractivity (Wildman–Crippen MR) is 45.9 cm³/mol. The fourth-order valence-corrected chi connectivity index (χ4v) is 1.62. The van der Waals surface area contributed by atoms with Gasteiger partial charge < -0.3 is 9.15 Å². The summed E-state index contributed by atoms with van der Waals surface area (Å²) >= 11 is 0. The number of ether oxygens (including phenoxy) is 1. The van der Waals surface area contributed by atoms with Crippen LogP contribution in [0.5, 0.6) is 0 Å². The zero-order chi connectivity index (χ0) is 9.15. The van der Waals surface area contributed by atoms with Gasteiger partial charge in [0, 0.05) is 13.0 Å². The lowest BCUT2D eigenvalue weighted by Crippen LogP contribution is -2.21. The van der Waals surface area contributed by atoms with Crippen molar-refractivity contribution in [3.63, 3.8) is 0 Å². The summed E-state index contributed by atoms with van der Waals surface area (Å²) < 4.78 is 10.5. The fourth-order valence-electron chi connectivity index (χ4n) is 1.62. The minimum atomic E-state index is -0.349. The van der Waals surface area contributed by atoms with Gasteiger partial charge in [0.25, 0.3) is 0 Å². The summed E-state index contributed by atoms with van der Waals surface area (Å²) in [5.41, 5.74) is -0.349. The molecular weight excluding hydrogens is 166 g/mol. The number of nitrogens with zero attached hydrogens (tertiary/aromatic N) is 1. The molecule has 0 spiro atoms. The fraction of sp³-hybridized carbons (Fsp3) is 0.500. The minimum Gasteiger partial charge on any atom is -0.469 e. The molecule has 3 nitrogen and oxygen atoms in total. The molecule has 1 aliphatic rings. The van der Waals surface area contributed by atoms with Gasteiger partial charge in [0.2, 0.25) is 0 Å². The van der Waals surface area contributed by atoms with E-state index < -0.39 is 0 Å². The monoisotopic (exact) mass is 177 g/mol. The second kappa shape index (κ2) is 3.23. The zero-order valence-electron chi connectivity index (χ0n) is 7.32. The van der Waals surface area contributed by atoms with Gasteiger partial charge in [0.05, 0.1) is 24.4 Å². The molecule has 1 aliphatic heterocycles. The molecule has 2 rings (SSSR count). The van der Waals surface area contributed by atoms with E-state index in [0.717, 1.165) is 12.2 Å². The number of nitriles is 1. The van der Waals surface area contributed by atoms with Crippen LogP contribution in [0.15, 0.2) is 22.8 Å². The maximum Gasteiger partial charge on any atom is 0.105 e. The van der Waals surface area contributed by atoms with Crippen LogP contribution >= 0.6 is 0 Å². The number of furan rings is 1. The number of rotatable bonds is 2. The van der Waals surface area contributed by atoms with Crippen molar-refractivity contribution in [1.82, 2.24) is 0 Å². The minimum absolute atomic E-state index is 0.349. The molecule has 0 amide bonds. The summed E-state index contributed by atoms with van der Waals surface area (Å²) in [6.07, 6.45) is 3.11. The van der Waals surface area contributed by atoms with Gasteiger partial charge in [-0.15, -0.1) is 0 Å². The van der Waals surface area contributed by atoms with Crippen LogP contribution in [0, 0.1) is 16.7 Å². The van der Waals surface area contributed by atoms with Crippen molar-refractivity contribution in [2.24, 2.45) is 5.41 Å². The van der Waals surface area contributed by atoms with Crippen molar-refractivity contribution in [2.75, 3.05) is 13.2 Å². The Labute approximate surface area is 76.9 Å². The Balaban J connectivity index is 2.11. The van der Waals surface area contributed by atoms with Gasteiger partial charge in [-0.25, -0.2) is 0 Å². The molecule has 3 heteroatoms. The molecule has 0 bridgehead atoms. The number of hydrogen-bond acceptors (Lipinski definition) is 3. The van der Waals surface area contributed by atoms with Crippen LogP contribution in [-0.4, -0.2) is 13.2 Å². The van der Waals surface area contributed by atoms with Crippen molar-refractivity contribution < 1.29 is 9.15 Å². The van der Waals surface area contributed by atoms with Crippen molar-refractivity contribution in [3.8, 4) is 6.07 Å². The Bertz CT molecular complexity index is 304. The third-order valence-electron chi connectivity index (χ3n) is 2.43. The zero-order valence-corrected chi connectivity index (χ0v) is 7.32. The maximum absolute atomic E-state index is 9.04. The van der Waals surface area contributed by atoms with Crippen molar-refractivity contribution in [2.45, 2.75) is 12.8 Å². The highest BCUT2D eigenvalue weighted by Gasteiger charge is 2.36. The topological polar surface area (TPSA) is 46.2 Å². The molecule has 0 aliphatic carbocycles. The lowest BCUT2D eigenvalue weighted by atomic mass is 9.85. The standard InChI is InChI=1S/C10H11NO2/c11-7-10(3-5-12-8-10)6-9-2-1-4-13-9/h1-2,4H,3,5-6,8H2. The highest BCUT2D eigenvalue weighted by atomic mass is 16.5. The lowest BCUT2D eigenvalue weighted by Gasteiger charge is -2.15. The first-order valence-electron chi connectivity index (χ1n) is 4.36. The molecule has 1 atom stereocenters. The third-order valence-corrected chi connectivity index (χ3v) is 2.43. The Hall–Kier alpha value is -1.27. The highest BCUT2D eigenvalue weighted by molar-refractivity contribution is 5.10. The SMILES string of the molecule is N#CC1(Cc2ccco2)CCOC1. The number of hydrogen-bond donors (Lipinski definition) is 0. The molecule has 0 saturated carbocycles. The van der Waals surface area contributed by atoms with Gasteiger partial charge in [-0.3, -0.25) is 0 Å². The van der Waals surface area contributed by atoms with Gasteiger partial charge in [-0.2, -0.15) is 5.26 Å². The largest absolute Gasteiger partial charge is 0.469 e. The third kappa shape index (κ3) is 1.58. The summed E-state index contributed by atoms with van der Waals surface area (Å²) in [4.78, 5) is 0. The normalized spacial score (nSPS) is 27.3.